The first-order valence-electron chi connectivity index (χ1n) is 6.31. The van der Waals surface area contributed by atoms with E-state index in [4.69, 9.17) is 25.3 Å². The Balaban J connectivity index is 2.08. The third kappa shape index (κ3) is 5.05. The Labute approximate surface area is 138 Å². The first-order chi connectivity index (χ1) is 11.4. The van der Waals surface area contributed by atoms with Crippen LogP contribution in [-0.4, -0.2) is 59.6 Å². The minimum Gasteiger partial charge on any atom is -0.385 e. The average molecular weight is 404 g/mol. The van der Waals surface area contributed by atoms with Crippen LogP contribution < -0.4 is 16.6 Å². The summed E-state index contributed by atoms with van der Waals surface area (Å²) in [5.41, 5.74) is 4.36. The van der Waals surface area contributed by atoms with Crippen molar-refractivity contribution in [2.24, 2.45) is 0 Å². The molecular weight excluding hydrogens is 390 g/mol. The molecule has 0 spiro atoms. The van der Waals surface area contributed by atoms with E-state index < -0.39 is 46.4 Å². The molecule has 0 saturated carbocycles. The zero-order valence-corrected chi connectivity index (χ0v) is 13.9. The third-order valence-electron chi connectivity index (χ3n) is 2.79. The molecule has 25 heavy (non-hydrogen) atoms. The van der Waals surface area contributed by atoms with Crippen molar-refractivity contribution in [3.05, 3.63) is 22.7 Å². The lowest BCUT2D eigenvalue weighted by Gasteiger charge is -2.21. The molecule has 2 rings (SSSR count). The van der Waals surface area contributed by atoms with Gasteiger partial charge in [0.15, 0.2) is 6.23 Å². The maximum atomic E-state index is 11.7. The topological polar surface area (TPSA) is 227 Å². The summed E-state index contributed by atoms with van der Waals surface area (Å²) in [6.07, 6.45) is -3.92. The lowest BCUT2D eigenvalue weighted by Crippen LogP contribution is -2.47. The van der Waals surface area contributed by atoms with Crippen molar-refractivity contribution >= 4 is 21.5 Å². The summed E-state index contributed by atoms with van der Waals surface area (Å²) in [7, 11) is -10.5. The van der Waals surface area contributed by atoms with E-state index in [1.165, 1.54) is 6.07 Å². The molecule has 1 aromatic rings. The van der Waals surface area contributed by atoms with E-state index in [9.17, 15) is 24.1 Å². The second-order valence-corrected chi connectivity index (χ2v) is 7.50. The fourth-order valence-corrected chi connectivity index (χ4v) is 3.38. The molecule has 1 saturated heterocycles. The van der Waals surface area contributed by atoms with Crippen molar-refractivity contribution in [3.63, 3.8) is 0 Å². The SMILES string of the molecule is Nc1ccn(N2O[C@H](COP(=O)(O)OP(=O)(O)O)[C@@H](O)[C@H]2O)c(=O)n1. The summed E-state index contributed by atoms with van der Waals surface area (Å²) in [6.45, 7) is -0.917. The maximum Gasteiger partial charge on any atom is 0.481 e. The minimum atomic E-state index is -5.31. The van der Waals surface area contributed by atoms with Gasteiger partial charge in [-0.1, -0.05) is 0 Å². The van der Waals surface area contributed by atoms with Gasteiger partial charge in [-0.05, 0) is 6.07 Å². The number of hydroxylamine groups is 1. The molecular formula is C8H14N4O11P2. The molecule has 0 amide bonds. The molecule has 4 atom stereocenters. The summed E-state index contributed by atoms with van der Waals surface area (Å²) >= 11 is 0. The van der Waals surface area contributed by atoms with Crippen molar-refractivity contribution < 1.29 is 47.7 Å². The van der Waals surface area contributed by atoms with Crippen molar-refractivity contribution in [3.8, 4) is 0 Å². The molecule has 2 heterocycles. The van der Waals surface area contributed by atoms with Gasteiger partial charge in [0.1, 0.15) is 18.0 Å². The van der Waals surface area contributed by atoms with Crippen LogP contribution in [0.2, 0.25) is 0 Å². The van der Waals surface area contributed by atoms with Crippen LogP contribution in [0.5, 0.6) is 0 Å². The Bertz CT molecular complexity index is 780. The van der Waals surface area contributed by atoms with Gasteiger partial charge in [0, 0.05) is 6.20 Å². The number of hydrogen-bond donors (Lipinski definition) is 6. The molecule has 17 heteroatoms. The Morgan fingerprint density at radius 3 is 2.52 bits per heavy atom. The quantitative estimate of drug-likeness (QED) is 0.259. The molecule has 1 aliphatic rings. The van der Waals surface area contributed by atoms with Crippen LogP contribution in [0.4, 0.5) is 5.82 Å². The number of phosphoric ester groups is 1. The van der Waals surface area contributed by atoms with Crippen LogP contribution in [0.3, 0.4) is 0 Å². The van der Waals surface area contributed by atoms with Crippen LogP contribution in [0, 0.1) is 0 Å². The van der Waals surface area contributed by atoms with Crippen LogP contribution in [0.25, 0.3) is 0 Å². The number of hydrogen-bond acceptors (Lipinski definition) is 11. The number of nitrogens with two attached hydrogens (primary N) is 1. The highest BCUT2D eigenvalue weighted by atomic mass is 31.3. The predicted octanol–water partition coefficient (Wildman–Crippen LogP) is -3.02. The summed E-state index contributed by atoms with van der Waals surface area (Å²) in [5.74, 6) is -0.105. The van der Waals surface area contributed by atoms with Gasteiger partial charge in [-0.3, -0.25) is 4.52 Å². The summed E-state index contributed by atoms with van der Waals surface area (Å²) < 4.78 is 30.4. The molecule has 0 aromatic carbocycles. The molecule has 0 radical (unpaired) electrons. The van der Waals surface area contributed by atoms with E-state index in [2.05, 4.69) is 13.8 Å². The van der Waals surface area contributed by atoms with E-state index >= 15 is 0 Å². The van der Waals surface area contributed by atoms with Crippen molar-refractivity contribution in [2.45, 2.75) is 18.4 Å². The second kappa shape index (κ2) is 7.09. The van der Waals surface area contributed by atoms with Gasteiger partial charge in [-0.15, -0.1) is 0 Å². The highest BCUT2D eigenvalue weighted by Gasteiger charge is 2.44. The summed E-state index contributed by atoms with van der Waals surface area (Å²) in [5, 5.41) is 20.2. The van der Waals surface area contributed by atoms with Crippen LogP contribution >= 0.6 is 15.6 Å². The molecule has 1 aliphatic heterocycles. The fraction of sp³-hybridized carbons (Fsp3) is 0.500. The Hall–Kier alpha value is -1.38. The van der Waals surface area contributed by atoms with E-state index in [1.54, 1.807) is 0 Å². The predicted molar refractivity (Wildman–Crippen MR) is 76.9 cm³/mol. The lowest BCUT2D eigenvalue weighted by molar-refractivity contribution is -0.0230. The lowest BCUT2D eigenvalue weighted by atomic mass is 10.2. The molecule has 0 aliphatic carbocycles. The molecule has 0 bridgehead atoms. The fourth-order valence-electron chi connectivity index (χ4n) is 1.78. The minimum absolute atomic E-state index is 0.105. The highest BCUT2D eigenvalue weighted by molar-refractivity contribution is 7.60. The second-order valence-electron chi connectivity index (χ2n) is 4.67. The summed E-state index contributed by atoms with van der Waals surface area (Å²) in [4.78, 5) is 46.2. The first kappa shape index (κ1) is 19.9. The van der Waals surface area contributed by atoms with Gasteiger partial charge >= 0.3 is 21.3 Å². The van der Waals surface area contributed by atoms with Crippen LogP contribution in [0.1, 0.15) is 0 Å². The monoisotopic (exact) mass is 404 g/mol. The van der Waals surface area contributed by atoms with Gasteiger partial charge in [0.25, 0.3) is 0 Å². The van der Waals surface area contributed by atoms with E-state index in [1.807, 2.05) is 0 Å². The van der Waals surface area contributed by atoms with Crippen LogP contribution in [-0.2, 0) is 22.8 Å². The summed E-state index contributed by atoms with van der Waals surface area (Å²) in [6, 6.07) is 1.20. The zero-order chi connectivity index (χ0) is 19.0. The molecule has 1 fully saturated rings. The Morgan fingerprint density at radius 1 is 1.32 bits per heavy atom. The van der Waals surface area contributed by atoms with Gasteiger partial charge < -0.3 is 30.6 Å². The highest BCUT2D eigenvalue weighted by Crippen LogP contribution is 2.57. The van der Waals surface area contributed by atoms with E-state index in [0.29, 0.717) is 9.85 Å². The molecule has 7 N–H and O–H groups in total. The Morgan fingerprint density at radius 2 is 1.96 bits per heavy atom. The average Bonchev–Trinajstić information content (AvgIpc) is 2.71. The molecule has 15 nitrogen and oxygen atoms in total. The van der Waals surface area contributed by atoms with Gasteiger partial charge in [0.2, 0.25) is 0 Å². The van der Waals surface area contributed by atoms with Gasteiger partial charge in [0.05, 0.1) is 6.61 Å². The standard InChI is InChI=1S/C8H14N4O11P2/c9-5-1-2-11(8(15)10-5)12-7(14)6(13)4(22-12)3-21-25(19,20)23-24(16,17)18/h1-2,4,6-7,13-14H,3H2,(H,19,20)(H2,9,10,15)(H2,16,17,18)/t4-,6-,7-/m1/s1. The zero-order valence-electron chi connectivity index (χ0n) is 12.1. The molecule has 142 valence electrons. The number of aromatic nitrogens is 2. The molecule has 1 aromatic heterocycles. The third-order valence-corrected chi connectivity index (χ3v) is 4.94. The number of nitrogens with zero attached hydrogens (tertiary/aromatic N) is 3. The smallest absolute Gasteiger partial charge is 0.385 e. The van der Waals surface area contributed by atoms with Crippen molar-refractivity contribution in [1.29, 1.82) is 0 Å². The number of aliphatic hydroxyl groups is 2. The van der Waals surface area contributed by atoms with Crippen molar-refractivity contribution in [1.82, 2.24) is 9.66 Å². The number of phosphoric acid groups is 2. The number of nitrogen functional groups attached to an aromatic ring is 1. The molecule has 1 unspecified atom stereocenters. The number of anilines is 1. The normalized spacial score (nSPS) is 26.6. The number of aliphatic hydroxyl groups excluding tert-OH is 2. The first-order valence-corrected chi connectivity index (χ1v) is 9.34. The van der Waals surface area contributed by atoms with E-state index in [-0.39, 0.29) is 5.82 Å². The number of rotatable bonds is 6. The van der Waals surface area contributed by atoms with E-state index in [0.717, 1.165) is 6.20 Å². The Kier molecular flexibility index (Phi) is 5.65. The maximum absolute atomic E-state index is 11.7. The largest absolute Gasteiger partial charge is 0.481 e. The van der Waals surface area contributed by atoms with Crippen LogP contribution in [0.15, 0.2) is 17.1 Å². The van der Waals surface area contributed by atoms with Gasteiger partial charge in [-0.2, -0.15) is 19.1 Å². The van der Waals surface area contributed by atoms with Crippen molar-refractivity contribution in [2.75, 3.05) is 17.5 Å². The van der Waals surface area contributed by atoms with Gasteiger partial charge in [-0.25, -0.2) is 18.8 Å².